The van der Waals surface area contributed by atoms with Crippen molar-refractivity contribution in [2.45, 2.75) is 0 Å². The van der Waals surface area contributed by atoms with Crippen molar-refractivity contribution in [3.05, 3.63) is 39.2 Å². The zero-order chi connectivity index (χ0) is 13.1. The number of carbonyl (C=O) groups is 1. The quantitative estimate of drug-likeness (QED) is 0.627. The number of carboxylic acids is 1. The highest BCUT2D eigenvalue weighted by Crippen LogP contribution is 2.23. The standard InChI is InChI=1S/C10H6Br2N4O2/c11-5-1-3-6(4-2-5)15-16-8-7(9(17)18)13-10(12)14-8/h1-4H,(H,13,14)(H,17,18)/i16+1. The SMILES string of the molecule is O=C(O)c1[nH]c(Br)nc1[15N]=Nc1ccc(Br)cc1. The zero-order valence-electron chi connectivity index (χ0n) is 8.76. The summed E-state index contributed by atoms with van der Waals surface area (Å²) in [6, 6.07) is 7.12. The molecule has 0 aliphatic carbocycles. The van der Waals surface area contributed by atoms with Gasteiger partial charge in [0, 0.05) is 4.47 Å². The van der Waals surface area contributed by atoms with Gasteiger partial charge in [-0.1, -0.05) is 15.9 Å². The van der Waals surface area contributed by atoms with Crippen LogP contribution in [0.25, 0.3) is 0 Å². The van der Waals surface area contributed by atoms with Gasteiger partial charge in [0.25, 0.3) is 0 Å². The Morgan fingerprint density at radius 2 is 1.89 bits per heavy atom. The zero-order valence-corrected chi connectivity index (χ0v) is 11.9. The van der Waals surface area contributed by atoms with Crippen molar-refractivity contribution in [2.75, 3.05) is 0 Å². The lowest BCUT2D eigenvalue weighted by Gasteiger charge is -1.92. The largest absolute Gasteiger partial charge is 0.476 e. The predicted molar refractivity (Wildman–Crippen MR) is 71.6 cm³/mol. The average molecular weight is 375 g/mol. The van der Waals surface area contributed by atoms with E-state index in [1.54, 1.807) is 12.1 Å². The minimum Gasteiger partial charge on any atom is -0.476 e. The Morgan fingerprint density at radius 1 is 1.22 bits per heavy atom. The number of aromatic carboxylic acids is 1. The van der Waals surface area contributed by atoms with Crippen molar-refractivity contribution in [1.82, 2.24) is 9.97 Å². The van der Waals surface area contributed by atoms with Crippen molar-refractivity contribution < 1.29 is 9.90 Å². The van der Waals surface area contributed by atoms with Crippen molar-refractivity contribution in [3.8, 4) is 0 Å². The molecule has 0 bridgehead atoms. The number of imidazole rings is 1. The van der Waals surface area contributed by atoms with Gasteiger partial charge in [0.2, 0.25) is 5.82 Å². The molecule has 0 spiro atoms. The Labute approximate surface area is 118 Å². The average Bonchev–Trinajstić information content (AvgIpc) is 2.70. The number of H-pyrrole nitrogens is 1. The molecule has 0 saturated carbocycles. The molecule has 1 aromatic heterocycles. The van der Waals surface area contributed by atoms with Gasteiger partial charge in [-0.2, -0.15) is 0 Å². The summed E-state index contributed by atoms with van der Waals surface area (Å²) in [5.41, 5.74) is 0.497. The van der Waals surface area contributed by atoms with Crippen LogP contribution < -0.4 is 0 Å². The molecule has 0 amide bonds. The number of nitrogens with zero attached hydrogens (tertiary/aromatic N) is 3. The van der Waals surface area contributed by atoms with Crippen LogP contribution in [0.3, 0.4) is 0 Å². The van der Waals surface area contributed by atoms with Crippen LogP contribution in [0.4, 0.5) is 11.5 Å². The smallest absolute Gasteiger partial charge is 0.356 e. The predicted octanol–water partition coefficient (Wildman–Crippen LogP) is 4.05. The Bertz CT molecular complexity index is 607. The number of aromatic amines is 1. The second-order valence-electron chi connectivity index (χ2n) is 3.21. The number of benzene rings is 1. The summed E-state index contributed by atoms with van der Waals surface area (Å²) in [7, 11) is 0. The number of halogens is 2. The van der Waals surface area contributed by atoms with Crippen LogP contribution in [0.1, 0.15) is 10.5 Å². The molecule has 0 fully saturated rings. The van der Waals surface area contributed by atoms with Crippen LogP contribution in [0, 0.1) is 0 Å². The van der Waals surface area contributed by atoms with E-state index in [0.717, 1.165) is 4.47 Å². The number of carboxylic acid groups (broad SMARTS) is 1. The first-order chi connectivity index (χ1) is 8.56. The number of aromatic nitrogens is 2. The van der Waals surface area contributed by atoms with E-state index in [2.05, 4.69) is 52.1 Å². The molecule has 92 valence electrons. The van der Waals surface area contributed by atoms with Crippen LogP contribution in [0.2, 0.25) is 0 Å². The van der Waals surface area contributed by atoms with Crippen LogP contribution in [-0.2, 0) is 0 Å². The van der Waals surface area contributed by atoms with Crippen LogP contribution >= 0.6 is 31.9 Å². The van der Waals surface area contributed by atoms with Gasteiger partial charge in [0.15, 0.2) is 10.4 Å². The molecule has 6 nitrogen and oxygen atoms in total. The Kier molecular flexibility index (Phi) is 3.87. The third kappa shape index (κ3) is 3.02. The molecule has 2 rings (SSSR count). The molecule has 18 heavy (non-hydrogen) atoms. The Hall–Kier alpha value is -1.54. The fourth-order valence-corrected chi connectivity index (χ4v) is 1.80. The highest BCUT2D eigenvalue weighted by atomic mass is 79.9. The molecule has 1 aromatic carbocycles. The van der Waals surface area contributed by atoms with Crippen molar-refractivity contribution in [3.63, 3.8) is 0 Å². The van der Waals surface area contributed by atoms with Gasteiger partial charge < -0.3 is 10.1 Å². The topological polar surface area (TPSA) is 90.7 Å². The summed E-state index contributed by atoms with van der Waals surface area (Å²) in [5.74, 6) is -1.12. The number of rotatable bonds is 3. The molecule has 8 heteroatoms. The van der Waals surface area contributed by atoms with Gasteiger partial charge in [-0.15, -0.1) is 10.2 Å². The lowest BCUT2D eigenvalue weighted by Crippen LogP contribution is -1.96. The number of azo groups is 1. The molecule has 0 atom stereocenters. The summed E-state index contributed by atoms with van der Waals surface area (Å²) in [6.07, 6.45) is 0. The van der Waals surface area contributed by atoms with Crippen molar-refractivity contribution in [2.24, 2.45) is 10.2 Å². The molecular formula is C10H6Br2N4O2. The third-order valence-corrected chi connectivity index (χ3v) is 2.86. The summed E-state index contributed by atoms with van der Waals surface area (Å²) in [6.45, 7) is 0. The lowest BCUT2D eigenvalue weighted by atomic mass is 10.3. The molecule has 1 heterocycles. The first-order valence-corrected chi connectivity index (χ1v) is 6.31. The second kappa shape index (κ2) is 5.40. The maximum atomic E-state index is 10.9. The van der Waals surface area contributed by atoms with Gasteiger partial charge in [-0.05, 0) is 40.2 Å². The Morgan fingerprint density at radius 3 is 2.50 bits per heavy atom. The Balaban J connectivity index is 2.28. The van der Waals surface area contributed by atoms with Gasteiger partial charge in [-0.25, -0.2) is 9.78 Å². The monoisotopic (exact) mass is 373 g/mol. The molecule has 0 saturated heterocycles. The third-order valence-electron chi connectivity index (χ3n) is 1.96. The fraction of sp³-hybridized carbons (Fsp3) is 0. The summed E-state index contributed by atoms with van der Waals surface area (Å²) in [5, 5.41) is 16.6. The molecule has 2 aromatic rings. The first kappa shape index (κ1) is 12.9. The molecule has 0 aliphatic heterocycles. The minimum atomic E-state index is -1.14. The molecule has 0 unspecified atom stereocenters. The van der Waals surface area contributed by atoms with Crippen LogP contribution in [-0.4, -0.2) is 21.0 Å². The van der Waals surface area contributed by atoms with E-state index in [4.69, 9.17) is 5.11 Å². The molecule has 0 radical (unpaired) electrons. The van der Waals surface area contributed by atoms with Crippen molar-refractivity contribution in [1.29, 1.82) is 0 Å². The highest BCUT2D eigenvalue weighted by molar-refractivity contribution is 9.10. The highest BCUT2D eigenvalue weighted by Gasteiger charge is 2.15. The number of nitrogens with one attached hydrogen (secondary N) is 1. The molecule has 0 aliphatic rings. The number of hydrogen-bond acceptors (Lipinski definition) is 4. The van der Waals surface area contributed by atoms with E-state index in [0.29, 0.717) is 10.4 Å². The van der Waals surface area contributed by atoms with Crippen LogP contribution in [0.15, 0.2) is 43.7 Å². The van der Waals surface area contributed by atoms with Gasteiger partial charge in [0.1, 0.15) is 0 Å². The lowest BCUT2D eigenvalue weighted by molar-refractivity contribution is 0.0692. The van der Waals surface area contributed by atoms with E-state index in [-0.39, 0.29) is 11.5 Å². The number of hydrogen-bond donors (Lipinski definition) is 2. The summed E-state index contributed by atoms with van der Waals surface area (Å²) >= 11 is 6.35. The van der Waals surface area contributed by atoms with E-state index in [1.807, 2.05) is 12.1 Å². The van der Waals surface area contributed by atoms with E-state index < -0.39 is 5.97 Å². The van der Waals surface area contributed by atoms with E-state index >= 15 is 0 Å². The van der Waals surface area contributed by atoms with E-state index in [1.165, 1.54) is 0 Å². The van der Waals surface area contributed by atoms with Gasteiger partial charge >= 0.3 is 5.97 Å². The molecular weight excluding hydrogens is 369 g/mol. The van der Waals surface area contributed by atoms with E-state index in [9.17, 15) is 4.79 Å². The maximum absolute atomic E-state index is 10.9. The van der Waals surface area contributed by atoms with Crippen LogP contribution in [0.5, 0.6) is 0 Å². The second-order valence-corrected chi connectivity index (χ2v) is 4.87. The maximum Gasteiger partial charge on any atom is 0.356 e. The molecule has 2 N–H and O–H groups in total. The van der Waals surface area contributed by atoms with Gasteiger partial charge in [0.05, 0.1) is 5.69 Å². The summed E-state index contributed by atoms with van der Waals surface area (Å²) in [4.78, 5) is 17.3. The normalized spacial score (nSPS) is 11.0. The van der Waals surface area contributed by atoms with Gasteiger partial charge in [-0.3, -0.25) is 0 Å². The summed E-state index contributed by atoms with van der Waals surface area (Å²) < 4.78 is 1.22. The van der Waals surface area contributed by atoms with Crippen molar-refractivity contribution >= 4 is 49.3 Å². The first-order valence-electron chi connectivity index (χ1n) is 4.72. The minimum absolute atomic E-state index is 0.0253. The fourth-order valence-electron chi connectivity index (χ4n) is 1.17.